The van der Waals surface area contributed by atoms with Gasteiger partial charge in [0.2, 0.25) is 5.91 Å². The van der Waals surface area contributed by atoms with E-state index < -0.39 is 0 Å². The topological polar surface area (TPSA) is 49.4 Å². The molecule has 2 fully saturated rings. The molecule has 126 valence electrons. The van der Waals surface area contributed by atoms with E-state index in [1.54, 1.807) is 11.3 Å². The van der Waals surface area contributed by atoms with Crippen LogP contribution in [0.15, 0.2) is 29.6 Å². The van der Waals surface area contributed by atoms with Crippen molar-refractivity contribution in [2.45, 2.75) is 38.1 Å². The van der Waals surface area contributed by atoms with Crippen LogP contribution in [0.5, 0.6) is 0 Å². The molecule has 0 unspecified atom stereocenters. The van der Waals surface area contributed by atoms with Gasteiger partial charge in [0.25, 0.3) is 5.91 Å². The van der Waals surface area contributed by atoms with Crippen LogP contribution >= 0.6 is 11.3 Å². The molecule has 0 radical (unpaired) electrons. The first-order valence-electron chi connectivity index (χ1n) is 8.78. The summed E-state index contributed by atoms with van der Waals surface area (Å²) in [7, 11) is 0. The van der Waals surface area contributed by atoms with Crippen LogP contribution in [0.4, 0.5) is 0 Å². The minimum atomic E-state index is 0.0891. The molecule has 1 saturated carbocycles. The van der Waals surface area contributed by atoms with Gasteiger partial charge in [0.1, 0.15) is 0 Å². The molecule has 5 heteroatoms. The Hall–Kier alpha value is -1.88. The lowest BCUT2D eigenvalue weighted by Crippen LogP contribution is -2.45. The van der Waals surface area contributed by atoms with E-state index in [0.717, 1.165) is 54.3 Å². The Morgan fingerprint density at radius 2 is 2.00 bits per heavy atom. The van der Waals surface area contributed by atoms with Gasteiger partial charge in [0.05, 0.1) is 0 Å². The van der Waals surface area contributed by atoms with Gasteiger partial charge in [-0.2, -0.15) is 0 Å². The van der Waals surface area contributed by atoms with Gasteiger partial charge in [-0.1, -0.05) is 6.07 Å². The summed E-state index contributed by atoms with van der Waals surface area (Å²) in [5, 5.41) is 6.23. The van der Waals surface area contributed by atoms with E-state index >= 15 is 0 Å². The van der Waals surface area contributed by atoms with Crippen LogP contribution in [0.2, 0.25) is 0 Å². The minimum absolute atomic E-state index is 0.0891. The molecule has 24 heavy (non-hydrogen) atoms. The molecule has 1 N–H and O–H groups in total. The van der Waals surface area contributed by atoms with Gasteiger partial charge in [-0.3, -0.25) is 9.59 Å². The second-order valence-electron chi connectivity index (χ2n) is 6.86. The van der Waals surface area contributed by atoms with E-state index in [1.807, 2.05) is 28.5 Å². The number of carbonyl (C=O) groups is 2. The first-order chi connectivity index (χ1) is 11.7. The van der Waals surface area contributed by atoms with Crippen molar-refractivity contribution in [3.63, 3.8) is 0 Å². The summed E-state index contributed by atoms with van der Waals surface area (Å²) < 4.78 is 1.15. The molecule has 4 rings (SSSR count). The fraction of sp³-hybridized carbons (Fsp3) is 0.474. The zero-order chi connectivity index (χ0) is 16.5. The van der Waals surface area contributed by atoms with Crippen molar-refractivity contribution in [2.24, 2.45) is 5.92 Å². The highest BCUT2D eigenvalue weighted by Crippen LogP contribution is 2.29. The monoisotopic (exact) mass is 342 g/mol. The average Bonchev–Trinajstić information content (AvgIpc) is 3.37. The van der Waals surface area contributed by atoms with Crippen LogP contribution in [0.25, 0.3) is 10.1 Å². The number of fused-ring (bicyclic) bond motifs is 1. The Morgan fingerprint density at radius 1 is 1.12 bits per heavy atom. The molecule has 1 aromatic carbocycles. The quantitative estimate of drug-likeness (QED) is 0.929. The molecule has 1 aliphatic carbocycles. The highest BCUT2D eigenvalue weighted by Gasteiger charge is 2.32. The first kappa shape index (κ1) is 15.6. The van der Waals surface area contributed by atoms with Crippen LogP contribution in [0, 0.1) is 5.92 Å². The zero-order valence-electron chi connectivity index (χ0n) is 13.7. The van der Waals surface area contributed by atoms with E-state index in [9.17, 15) is 9.59 Å². The fourth-order valence-corrected chi connectivity index (χ4v) is 4.27. The van der Waals surface area contributed by atoms with Crippen LogP contribution in [0.3, 0.4) is 0 Å². The normalized spacial score (nSPS) is 21.5. The Kier molecular flexibility index (Phi) is 4.27. The van der Waals surface area contributed by atoms with Crippen molar-refractivity contribution < 1.29 is 9.59 Å². The SMILES string of the molecule is O=C(N[C@H]1CCCCN(C(=O)c2cccc3sccc23)C1)C1CC1. The van der Waals surface area contributed by atoms with Crippen LogP contribution in [-0.2, 0) is 4.79 Å². The number of nitrogens with zero attached hydrogens (tertiary/aromatic N) is 1. The molecule has 4 nitrogen and oxygen atoms in total. The highest BCUT2D eigenvalue weighted by molar-refractivity contribution is 7.17. The predicted octanol–water partition coefficient (Wildman–Crippen LogP) is 3.42. The van der Waals surface area contributed by atoms with Crippen LogP contribution in [0.1, 0.15) is 42.5 Å². The number of benzene rings is 1. The van der Waals surface area contributed by atoms with Crippen LogP contribution in [-0.4, -0.2) is 35.8 Å². The minimum Gasteiger partial charge on any atom is -0.351 e. The van der Waals surface area contributed by atoms with Gasteiger partial charge >= 0.3 is 0 Å². The second-order valence-corrected chi connectivity index (χ2v) is 7.81. The largest absolute Gasteiger partial charge is 0.351 e. The van der Waals surface area contributed by atoms with Crippen molar-refractivity contribution in [2.75, 3.05) is 13.1 Å². The highest BCUT2D eigenvalue weighted by atomic mass is 32.1. The third kappa shape index (κ3) is 3.18. The van der Waals surface area contributed by atoms with Crippen molar-refractivity contribution in [1.82, 2.24) is 10.2 Å². The van der Waals surface area contributed by atoms with Gasteiger partial charge in [-0.05, 0) is 55.7 Å². The van der Waals surface area contributed by atoms with Crippen molar-refractivity contribution in [3.8, 4) is 0 Å². The van der Waals surface area contributed by atoms with Gasteiger partial charge in [-0.25, -0.2) is 0 Å². The standard InChI is InChI=1S/C19H22N2O2S/c22-18(13-7-8-13)20-14-4-1-2-10-21(12-14)19(23)16-5-3-6-17-15(16)9-11-24-17/h3,5-6,9,11,13-14H,1-2,4,7-8,10,12H2,(H,20,22)/t14-/m0/s1. The Balaban J connectivity index is 1.52. The molecule has 1 atom stereocenters. The lowest BCUT2D eigenvalue weighted by atomic mass is 10.1. The number of hydrogen-bond donors (Lipinski definition) is 1. The van der Waals surface area contributed by atoms with Gasteiger partial charge in [-0.15, -0.1) is 11.3 Å². The van der Waals surface area contributed by atoms with E-state index in [-0.39, 0.29) is 23.8 Å². The van der Waals surface area contributed by atoms with Gasteiger partial charge in [0.15, 0.2) is 0 Å². The molecule has 2 heterocycles. The summed E-state index contributed by atoms with van der Waals surface area (Å²) in [5.74, 6) is 0.484. The predicted molar refractivity (Wildman–Crippen MR) is 96.2 cm³/mol. The van der Waals surface area contributed by atoms with Crippen LogP contribution < -0.4 is 5.32 Å². The van der Waals surface area contributed by atoms with Crippen molar-refractivity contribution in [1.29, 1.82) is 0 Å². The van der Waals surface area contributed by atoms with E-state index in [0.29, 0.717) is 6.54 Å². The molecular formula is C19H22N2O2S. The second kappa shape index (κ2) is 6.55. The molecule has 0 bridgehead atoms. The maximum atomic E-state index is 13.1. The fourth-order valence-electron chi connectivity index (χ4n) is 3.46. The third-order valence-electron chi connectivity index (χ3n) is 4.98. The number of thiophene rings is 1. The van der Waals surface area contributed by atoms with Crippen molar-refractivity contribution >= 4 is 33.2 Å². The number of amides is 2. The molecule has 2 amide bonds. The first-order valence-corrected chi connectivity index (χ1v) is 9.66. The smallest absolute Gasteiger partial charge is 0.254 e. The number of likely N-dealkylation sites (tertiary alicyclic amines) is 1. The maximum absolute atomic E-state index is 13.1. The molecule has 0 spiro atoms. The molecular weight excluding hydrogens is 320 g/mol. The Morgan fingerprint density at radius 3 is 2.83 bits per heavy atom. The maximum Gasteiger partial charge on any atom is 0.254 e. The lowest BCUT2D eigenvalue weighted by Gasteiger charge is -2.25. The summed E-state index contributed by atoms with van der Waals surface area (Å²) in [5.41, 5.74) is 0.780. The molecule has 2 aliphatic rings. The summed E-state index contributed by atoms with van der Waals surface area (Å²) in [4.78, 5) is 27.0. The summed E-state index contributed by atoms with van der Waals surface area (Å²) in [6, 6.07) is 8.04. The third-order valence-corrected chi connectivity index (χ3v) is 5.86. The molecule has 1 saturated heterocycles. The number of nitrogens with one attached hydrogen (secondary N) is 1. The van der Waals surface area contributed by atoms with E-state index in [1.165, 1.54) is 0 Å². The lowest BCUT2D eigenvalue weighted by molar-refractivity contribution is -0.123. The number of rotatable bonds is 3. The molecule has 2 aromatic rings. The van der Waals surface area contributed by atoms with E-state index in [2.05, 4.69) is 11.4 Å². The number of hydrogen-bond acceptors (Lipinski definition) is 3. The molecule has 1 aromatic heterocycles. The Bertz CT molecular complexity index is 766. The Labute approximate surface area is 145 Å². The summed E-state index contributed by atoms with van der Waals surface area (Å²) >= 11 is 1.66. The zero-order valence-corrected chi connectivity index (χ0v) is 14.5. The molecule has 1 aliphatic heterocycles. The summed E-state index contributed by atoms with van der Waals surface area (Å²) in [6.07, 6.45) is 5.05. The summed E-state index contributed by atoms with van der Waals surface area (Å²) in [6.45, 7) is 1.40. The van der Waals surface area contributed by atoms with Crippen molar-refractivity contribution in [3.05, 3.63) is 35.2 Å². The van der Waals surface area contributed by atoms with E-state index in [4.69, 9.17) is 0 Å². The van der Waals surface area contributed by atoms with Gasteiger partial charge in [0, 0.05) is 40.7 Å². The van der Waals surface area contributed by atoms with Gasteiger partial charge < -0.3 is 10.2 Å². The number of carbonyl (C=O) groups excluding carboxylic acids is 2. The average molecular weight is 342 g/mol.